The van der Waals surface area contributed by atoms with Gasteiger partial charge in [-0.2, -0.15) is 0 Å². The number of nitrogens with two attached hydrogens (primary N) is 1. The van der Waals surface area contributed by atoms with Crippen LogP contribution in [0.3, 0.4) is 0 Å². The van der Waals surface area contributed by atoms with Crippen molar-refractivity contribution in [3.63, 3.8) is 0 Å². The lowest BCUT2D eigenvalue weighted by atomic mass is 10.1. The van der Waals surface area contributed by atoms with E-state index in [2.05, 4.69) is 15.0 Å². The Bertz CT molecular complexity index is 1740. The summed E-state index contributed by atoms with van der Waals surface area (Å²) in [4.78, 5) is 42.3. The second-order valence-corrected chi connectivity index (χ2v) is 12.3. The third kappa shape index (κ3) is 6.47. The van der Waals surface area contributed by atoms with Gasteiger partial charge in [0.25, 0.3) is 5.56 Å². The van der Waals surface area contributed by atoms with E-state index >= 15 is 0 Å². The number of ether oxygens (including phenoxy) is 1. The molecule has 3 aromatic rings. The Hall–Kier alpha value is -3.27. The molecule has 2 amide bonds. The van der Waals surface area contributed by atoms with Crippen LogP contribution >= 0.6 is 23.2 Å². The summed E-state index contributed by atoms with van der Waals surface area (Å²) in [5.74, 6) is -1.12. The predicted octanol–water partition coefficient (Wildman–Crippen LogP) is 2.98. The molecule has 0 aliphatic carbocycles. The molecule has 0 unspecified atom stereocenters. The van der Waals surface area contributed by atoms with Crippen LogP contribution in [0.25, 0.3) is 10.9 Å². The highest BCUT2D eigenvalue weighted by molar-refractivity contribution is 7.91. The van der Waals surface area contributed by atoms with Gasteiger partial charge in [-0.3, -0.25) is 9.36 Å². The molecule has 1 atom stereocenters. The molecule has 1 saturated heterocycles. The van der Waals surface area contributed by atoms with Crippen LogP contribution in [0.4, 0.5) is 18.0 Å². The summed E-state index contributed by atoms with van der Waals surface area (Å²) >= 11 is 12.5. The number of hydrogen-bond donors (Lipinski definition) is 3. The van der Waals surface area contributed by atoms with Crippen LogP contribution in [-0.2, 0) is 22.9 Å². The van der Waals surface area contributed by atoms with E-state index in [0.717, 1.165) is 6.07 Å². The SMILES string of the molecule is CCS(=O)(=O)c1ccc(Cl)cc1Cn1c(=O)[nH]c2c(Cl)c(CN3C[C@@H](CCN)NC3=O)c(OC(F)(F)F)cc2c1=O. The normalized spacial score (nSPS) is 15.9. The number of carbonyl (C=O) groups is 1. The maximum atomic E-state index is 13.4. The molecular formula is C24H24Cl2F3N5O6S. The van der Waals surface area contributed by atoms with Crippen LogP contribution in [0.1, 0.15) is 24.5 Å². The van der Waals surface area contributed by atoms with E-state index in [-0.39, 0.29) is 51.4 Å². The van der Waals surface area contributed by atoms with E-state index in [9.17, 15) is 36.0 Å². The lowest BCUT2D eigenvalue weighted by Crippen LogP contribution is -2.36. The van der Waals surface area contributed by atoms with Crippen molar-refractivity contribution in [2.75, 3.05) is 18.8 Å². The van der Waals surface area contributed by atoms with Crippen LogP contribution in [0.5, 0.6) is 5.75 Å². The number of aromatic amines is 1. The zero-order chi connectivity index (χ0) is 30.3. The van der Waals surface area contributed by atoms with Crippen molar-refractivity contribution in [1.82, 2.24) is 19.8 Å². The van der Waals surface area contributed by atoms with Gasteiger partial charge >= 0.3 is 18.1 Å². The Morgan fingerprint density at radius 3 is 2.49 bits per heavy atom. The zero-order valence-corrected chi connectivity index (χ0v) is 23.7. The molecule has 0 saturated carbocycles. The number of rotatable bonds is 9. The molecule has 1 aliphatic rings. The first-order valence-corrected chi connectivity index (χ1v) is 14.6. The molecule has 2 heterocycles. The first-order chi connectivity index (χ1) is 19.1. The third-order valence-corrected chi connectivity index (χ3v) is 8.97. The van der Waals surface area contributed by atoms with Crippen molar-refractivity contribution in [2.24, 2.45) is 5.73 Å². The number of urea groups is 1. The van der Waals surface area contributed by atoms with Gasteiger partial charge in [-0.1, -0.05) is 30.1 Å². The first kappa shape index (κ1) is 30.7. The third-order valence-electron chi connectivity index (χ3n) is 6.49. The molecule has 4 rings (SSSR count). The van der Waals surface area contributed by atoms with Crippen LogP contribution in [0.15, 0.2) is 38.8 Å². The number of alkyl halides is 3. The van der Waals surface area contributed by atoms with Crippen molar-refractivity contribution in [3.05, 3.63) is 66.3 Å². The second kappa shape index (κ2) is 11.5. The Kier molecular flexibility index (Phi) is 8.64. The van der Waals surface area contributed by atoms with Gasteiger partial charge in [0.05, 0.1) is 39.7 Å². The molecular weight excluding hydrogens is 614 g/mol. The van der Waals surface area contributed by atoms with Gasteiger partial charge in [-0.05, 0) is 42.8 Å². The minimum atomic E-state index is -5.19. The molecule has 1 fully saturated rings. The number of amides is 2. The van der Waals surface area contributed by atoms with Crippen molar-refractivity contribution in [3.8, 4) is 5.75 Å². The van der Waals surface area contributed by atoms with Crippen LogP contribution in [-0.4, -0.2) is 60.1 Å². The molecule has 0 radical (unpaired) electrons. The lowest BCUT2D eigenvalue weighted by molar-refractivity contribution is -0.274. The molecule has 4 N–H and O–H groups in total. The van der Waals surface area contributed by atoms with E-state index in [1.54, 1.807) is 0 Å². The molecule has 0 bridgehead atoms. The number of nitrogens with one attached hydrogen (secondary N) is 2. The molecule has 17 heteroatoms. The average Bonchev–Trinajstić information content (AvgIpc) is 3.22. The largest absolute Gasteiger partial charge is 0.573 e. The minimum absolute atomic E-state index is 0.0212. The number of halogens is 5. The molecule has 11 nitrogen and oxygen atoms in total. The standard InChI is InChI=1S/C24H24Cl2F3N5O6S/c1-2-41(38,39)18-4-3-13(25)7-12(18)9-34-21(35)15-8-17(40-24(27,28)29)16(19(26)20(15)32-23(34)37)11-33-10-14(5-6-30)31-22(33)36/h3-4,7-8,14H,2,5-6,9-11,30H2,1H3,(H,31,36)(H,32,37)/t14-/m1/s1. The summed E-state index contributed by atoms with van der Waals surface area (Å²) in [5, 5.41) is 1.92. The monoisotopic (exact) mass is 637 g/mol. The molecule has 41 heavy (non-hydrogen) atoms. The first-order valence-electron chi connectivity index (χ1n) is 12.2. The van der Waals surface area contributed by atoms with Gasteiger partial charge in [-0.25, -0.2) is 18.0 Å². The highest BCUT2D eigenvalue weighted by Gasteiger charge is 2.35. The minimum Gasteiger partial charge on any atom is -0.405 e. The van der Waals surface area contributed by atoms with Gasteiger partial charge in [0, 0.05) is 23.2 Å². The summed E-state index contributed by atoms with van der Waals surface area (Å²) in [7, 11) is -3.79. The zero-order valence-electron chi connectivity index (χ0n) is 21.3. The Balaban J connectivity index is 1.86. The summed E-state index contributed by atoms with van der Waals surface area (Å²) in [5.41, 5.74) is 2.90. The Labute approximate surface area is 240 Å². The molecule has 1 aromatic heterocycles. The fraction of sp³-hybridized carbons (Fsp3) is 0.375. The quantitative estimate of drug-likeness (QED) is 0.325. The van der Waals surface area contributed by atoms with Crippen LogP contribution in [0, 0.1) is 0 Å². The Morgan fingerprint density at radius 1 is 1.15 bits per heavy atom. The highest BCUT2D eigenvalue weighted by Crippen LogP contribution is 2.37. The van der Waals surface area contributed by atoms with E-state index in [4.69, 9.17) is 28.9 Å². The summed E-state index contributed by atoms with van der Waals surface area (Å²) in [6.45, 7) is 0.807. The van der Waals surface area contributed by atoms with Crippen molar-refractivity contribution < 1.29 is 31.1 Å². The van der Waals surface area contributed by atoms with Crippen molar-refractivity contribution in [2.45, 2.75) is 43.7 Å². The number of H-pyrrole nitrogens is 1. The number of carbonyl (C=O) groups excluding carboxylic acids is 1. The van der Waals surface area contributed by atoms with Crippen LogP contribution in [0.2, 0.25) is 10.0 Å². The fourth-order valence-electron chi connectivity index (χ4n) is 4.53. The molecule has 0 spiro atoms. The van der Waals surface area contributed by atoms with E-state index in [0.29, 0.717) is 11.0 Å². The predicted molar refractivity (Wildman–Crippen MR) is 145 cm³/mol. The summed E-state index contributed by atoms with van der Waals surface area (Å²) < 4.78 is 70.1. The van der Waals surface area contributed by atoms with Gasteiger partial charge in [0.2, 0.25) is 0 Å². The maximum absolute atomic E-state index is 13.4. The highest BCUT2D eigenvalue weighted by atomic mass is 35.5. The average molecular weight is 638 g/mol. The topological polar surface area (TPSA) is 157 Å². The smallest absolute Gasteiger partial charge is 0.405 e. The lowest BCUT2D eigenvalue weighted by Gasteiger charge is -2.21. The number of benzene rings is 2. The number of aromatic nitrogens is 2. The van der Waals surface area contributed by atoms with E-state index in [1.165, 1.54) is 30.0 Å². The van der Waals surface area contributed by atoms with E-state index in [1.807, 2.05) is 0 Å². The molecule has 2 aromatic carbocycles. The van der Waals surface area contributed by atoms with Gasteiger partial charge in [-0.15, -0.1) is 13.2 Å². The summed E-state index contributed by atoms with van der Waals surface area (Å²) in [6.07, 6.45) is -4.76. The second-order valence-electron chi connectivity index (χ2n) is 9.22. The number of fused-ring (bicyclic) bond motifs is 1. The van der Waals surface area contributed by atoms with E-state index < -0.39 is 62.7 Å². The van der Waals surface area contributed by atoms with Gasteiger partial charge < -0.3 is 25.7 Å². The summed E-state index contributed by atoms with van der Waals surface area (Å²) in [6, 6.07) is 3.71. The maximum Gasteiger partial charge on any atom is 0.573 e. The van der Waals surface area contributed by atoms with Crippen LogP contribution < -0.4 is 27.0 Å². The van der Waals surface area contributed by atoms with Crippen molar-refractivity contribution in [1.29, 1.82) is 0 Å². The van der Waals surface area contributed by atoms with Crippen molar-refractivity contribution >= 4 is 50.0 Å². The Morgan fingerprint density at radius 2 is 1.85 bits per heavy atom. The van der Waals surface area contributed by atoms with Gasteiger partial charge in [0.15, 0.2) is 9.84 Å². The van der Waals surface area contributed by atoms with Gasteiger partial charge in [0.1, 0.15) is 5.75 Å². The number of nitrogens with zero attached hydrogens (tertiary/aromatic N) is 2. The molecule has 1 aliphatic heterocycles. The number of sulfone groups is 1. The molecule has 222 valence electrons. The number of hydrogen-bond acceptors (Lipinski definition) is 7. The fourth-order valence-corrected chi connectivity index (χ4v) is 6.14.